The van der Waals surface area contributed by atoms with Gasteiger partial charge in [0.1, 0.15) is 0 Å². The number of para-hydroxylation sites is 7. The summed E-state index contributed by atoms with van der Waals surface area (Å²) in [5.74, 6) is 0. The highest BCUT2D eigenvalue weighted by Crippen LogP contribution is 2.55. The van der Waals surface area contributed by atoms with Crippen molar-refractivity contribution < 1.29 is 0 Å². The molecule has 4 heterocycles. The summed E-state index contributed by atoms with van der Waals surface area (Å²) in [5, 5.41) is 3.70. The summed E-state index contributed by atoms with van der Waals surface area (Å²) in [6.45, 7) is 0. The summed E-state index contributed by atoms with van der Waals surface area (Å²) in [7, 11) is 0. The molecule has 0 spiro atoms. The summed E-state index contributed by atoms with van der Waals surface area (Å²) in [5.41, 5.74) is 20.2. The van der Waals surface area contributed by atoms with Gasteiger partial charge in [0.05, 0.1) is 45.0 Å². The van der Waals surface area contributed by atoms with E-state index >= 15 is 0 Å². The smallest absolute Gasteiger partial charge is 0.0710 e. The maximum absolute atomic E-state index is 5.35. The van der Waals surface area contributed by atoms with Crippen molar-refractivity contribution in [2.75, 3.05) is 4.90 Å². The van der Waals surface area contributed by atoms with E-state index in [0.717, 1.165) is 62.1 Å². The average Bonchev–Trinajstić information content (AvgIpc) is 3.87. The molecule has 1 aliphatic rings. The third kappa shape index (κ3) is 5.88. The number of fused-ring (bicyclic) bond motifs is 10. The lowest BCUT2D eigenvalue weighted by Gasteiger charge is -2.27. The Morgan fingerprint density at radius 3 is 1.52 bits per heavy atom. The van der Waals surface area contributed by atoms with Crippen LogP contribution in [0.1, 0.15) is 0 Å². The molecule has 4 heteroatoms. The zero-order valence-electron chi connectivity index (χ0n) is 35.4. The van der Waals surface area contributed by atoms with Gasteiger partial charge in [0.2, 0.25) is 0 Å². The van der Waals surface area contributed by atoms with Crippen LogP contribution < -0.4 is 4.90 Å². The van der Waals surface area contributed by atoms with Crippen LogP contribution in [0.4, 0.5) is 17.1 Å². The number of benzene rings is 9. The van der Waals surface area contributed by atoms with E-state index in [-0.39, 0.29) is 0 Å². The number of rotatable bonds is 6. The van der Waals surface area contributed by atoms with Gasteiger partial charge in [-0.2, -0.15) is 0 Å². The van der Waals surface area contributed by atoms with Gasteiger partial charge in [-0.25, -0.2) is 4.98 Å². The first-order valence-electron chi connectivity index (χ1n) is 22.2. The first-order chi connectivity index (χ1) is 32.3. The standard InChI is InChI=1S/C61H40N4/c1-3-22-44(23-4-1)63-57-37-13-9-29-50(57)59-52-32-17-31-47(60(52)65(45-24-5-2-6-25-45)61(59)51-30-10-14-38-58(51)63)41-19-15-20-42(39-41)53-33-18-34-54(62-53)43-21-16-26-46(40-43)64-55-35-11-7-27-48(55)49-28-8-12-36-56(49)64/h1-40H. The second kappa shape index (κ2) is 15.0. The van der Waals surface area contributed by atoms with E-state index < -0.39 is 0 Å². The van der Waals surface area contributed by atoms with E-state index in [0.29, 0.717) is 0 Å². The van der Waals surface area contributed by atoms with Crippen LogP contribution in [0.2, 0.25) is 0 Å². The highest BCUT2D eigenvalue weighted by molar-refractivity contribution is 6.16. The van der Waals surface area contributed by atoms with Gasteiger partial charge < -0.3 is 14.0 Å². The van der Waals surface area contributed by atoms with Gasteiger partial charge in [-0.15, -0.1) is 0 Å². The number of hydrogen-bond acceptors (Lipinski definition) is 2. The van der Waals surface area contributed by atoms with Gasteiger partial charge in [0, 0.05) is 66.6 Å². The van der Waals surface area contributed by atoms with E-state index in [4.69, 9.17) is 4.98 Å². The summed E-state index contributed by atoms with van der Waals surface area (Å²) in [6.07, 6.45) is 0. The fraction of sp³-hybridized carbons (Fsp3) is 0. The molecule has 1 aliphatic heterocycles. The topological polar surface area (TPSA) is 26.0 Å². The predicted octanol–water partition coefficient (Wildman–Crippen LogP) is 16.2. The minimum absolute atomic E-state index is 0.928. The minimum atomic E-state index is 0.928. The maximum atomic E-state index is 5.35. The predicted molar refractivity (Wildman–Crippen MR) is 271 cm³/mol. The summed E-state index contributed by atoms with van der Waals surface area (Å²) in [4.78, 5) is 7.77. The van der Waals surface area contributed by atoms with Crippen LogP contribution in [0, 0.1) is 0 Å². The highest BCUT2D eigenvalue weighted by Gasteiger charge is 2.32. The summed E-state index contributed by atoms with van der Waals surface area (Å²) >= 11 is 0. The number of pyridine rings is 1. The van der Waals surface area contributed by atoms with Crippen LogP contribution in [0.15, 0.2) is 243 Å². The van der Waals surface area contributed by atoms with Crippen molar-refractivity contribution in [3.8, 4) is 67.4 Å². The summed E-state index contributed by atoms with van der Waals surface area (Å²) in [6, 6.07) is 87.4. The molecule has 4 nitrogen and oxygen atoms in total. The minimum Gasteiger partial charge on any atom is -0.309 e. The largest absolute Gasteiger partial charge is 0.309 e. The first-order valence-corrected chi connectivity index (χ1v) is 22.2. The zero-order valence-corrected chi connectivity index (χ0v) is 35.4. The Morgan fingerprint density at radius 2 is 0.800 bits per heavy atom. The van der Waals surface area contributed by atoms with E-state index in [2.05, 4.69) is 257 Å². The van der Waals surface area contributed by atoms with Gasteiger partial charge in [0.15, 0.2) is 0 Å². The molecule has 304 valence electrons. The van der Waals surface area contributed by atoms with Crippen molar-refractivity contribution >= 4 is 49.8 Å². The van der Waals surface area contributed by atoms with Crippen LogP contribution in [-0.2, 0) is 0 Å². The number of nitrogens with zero attached hydrogens (tertiary/aromatic N) is 4. The van der Waals surface area contributed by atoms with E-state index in [1.807, 2.05) is 0 Å². The van der Waals surface area contributed by atoms with Crippen LogP contribution >= 0.6 is 0 Å². The SMILES string of the molecule is c1ccc(N2c3ccccc3-c3c(n(-c4ccccc4)c4c(-c5cccc(-c6cccc(-c7cccc(-n8c9ccccc9c9ccccc98)c7)n6)c5)cccc34)-c3ccccc32)cc1. The fourth-order valence-electron chi connectivity index (χ4n) is 10.3. The van der Waals surface area contributed by atoms with Crippen molar-refractivity contribution in [1.29, 1.82) is 0 Å². The van der Waals surface area contributed by atoms with E-state index in [9.17, 15) is 0 Å². The number of aromatic nitrogens is 3. The third-order valence-corrected chi connectivity index (χ3v) is 13.0. The van der Waals surface area contributed by atoms with Crippen molar-refractivity contribution in [1.82, 2.24) is 14.1 Å². The number of anilines is 3. The lowest BCUT2D eigenvalue weighted by atomic mass is 9.95. The molecule has 0 saturated heterocycles. The molecule has 9 aromatic carbocycles. The van der Waals surface area contributed by atoms with Crippen molar-refractivity contribution in [2.45, 2.75) is 0 Å². The first kappa shape index (κ1) is 36.9. The highest BCUT2D eigenvalue weighted by atomic mass is 15.2. The zero-order chi connectivity index (χ0) is 42.8. The monoisotopic (exact) mass is 828 g/mol. The van der Waals surface area contributed by atoms with Crippen molar-refractivity contribution in [3.05, 3.63) is 243 Å². The molecule has 0 aliphatic carbocycles. The molecule has 3 aromatic heterocycles. The Kier molecular flexibility index (Phi) is 8.50. The molecule has 0 amide bonds. The molecule has 0 radical (unpaired) electrons. The molecule has 0 fully saturated rings. The van der Waals surface area contributed by atoms with Crippen LogP contribution in [0.25, 0.3) is 100 Å². The maximum Gasteiger partial charge on any atom is 0.0710 e. The Labute approximate surface area is 377 Å². The molecular formula is C61H40N4. The summed E-state index contributed by atoms with van der Waals surface area (Å²) < 4.78 is 4.86. The normalized spacial score (nSPS) is 12.0. The molecule has 0 N–H and O–H groups in total. The molecule has 13 rings (SSSR count). The molecule has 0 atom stereocenters. The van der Waals surface area contributed by atoms with Crippen LogP contribution in [0.5, 0.6) is 0 Å². The number of hydrogen-bond donors (Lipinski definition) is 0. The van der Waals surface area contributed by atoms with Crippen molar-refractivity contribution in [3.63, 3.8) is 0 Å². The lowest BCUT2D eigenvalue weighted by molar-refractivity contribution is 1.13. The van der Waals surface area contributed by atoms with Gasteiger partial charge in [-0.1, -0.05) is 164 Å². The second-order valence-electron chi connectivity index (χ2n) is 16.7. The lowest BCUT2D eigenvalue weighted by Crippen LogP contribution is -2.11. The van der Waals surface area contributed by atoms with Gasteiger partial charge in [-0.3, -0.25) is 0 Å². The quantitative estimate of drug-likeness (QED) is 0.167. The third-order valence-electron chi connectivity index (χ3n) is 13.0. The Balaban J connectivity index is 0.976. The Bertz CT molecular complexity index is 3730. The Morgan fingerprint density at radius 1 is 0.308 bits per heavy atom. The average molecular weight is 829 g/mol. The fourth-order valence-corrected chi connectivity index (χ4v) is 10.3. The molecule has 0 bridgehead atoms. The van der Waals surface area contributed by atoms with E-state index in [1.54, 1.807) is 0 Å². The van der Waals surface area contributed by atoms with Crippen LogP contribution in [-0.4, -0.2) is 14.1 Å². The second-order valence-corrected chi connectivity index (χ2v) is 16.7. The van der Waals surface area contributed by atoms with Gasteiger partial charge in [0.25, 0.3) is 0 Å². The van der Waals surface area contributed by atoms with Crippen molar-refractivity contribution in [2.24, 2.45) is 0 Å². The molecule has 65 heavy (non-hydrogen) atoms. The van der Waals surface area contributed by atoms with E-state index in [1.165, 1.54) is 55.1 Å². The molecule has 0 unspecified atom stereocenters. The van der Waals surface area contributed by atoms with Crippen LogP contribution in [0.3, 0.4) is 0 Å². The van der Waals surface area contributed by atoms with Gasteiger partial charge >= 0.3 is 0 Å². The molecular weight excluding hydrogens is 789 g/mol. The Hall–Kier alpha value is -8.73. The molecule has 12 aromatic rings. The molecule has 0 saturated carbocycles. The van der Waals surface area contributed by atoms with Gasteiger partial charge in [-0.05, 0) is 84.4 Å².